The summed E-state index contributed by atoms with van der Waals surface area (Å²) in [6.07, 6.45) is 7.25. The normalized spacial score (nSPS) is 17.2. The molecule has 5 nitrogen and oxygen atoms in total. The van der Waals surface area contributed by atoms with Crippen LogP contribution >= 0.6 is 0 Å². The molecular weight excluding hydrogens is 352 g/mol. The van der Waals surface area contributed by atoms with E-state index in [9.17, 15) is 0 Å². The van der Waals surface area contributed by atoms with Gasteiger partial charge in [0.2, 0.25) is 5.89 Å². The van der Waals surface area contributed by atoms with Crippen molar-refractivity contribution < 1.29 is 13.9 Å². The average Bonchev–Trinajstić information content (AvgIpc) is 3.17. The Kier molecular flexibility index (Phi) is 5.52. The van der Waals surface area contributed by atoms with Crippen molar-refractivity contribution in [2.24, 2.45) is 0 Å². The van der Waals surface area contributed by atoms with Gasteiger partial charge < -0.3 is 13.9 Å². The fraction of sp³-hybridized carbons (Fsp3) is 0.304. The molecule has 0 saturated carbocycles. The Bertz CT molecular complexity index is 1020. The molecule has 142 valence electrons. The molecule has 0 spiro atoms. The number of fused-ring (bicyclic) bond motifs is 1. The molecule has 4 rings (SSSR count). The van der Waals surface area contributed by atoms with E-state index < -0.39 is 0 Å². The van der Waals surface area contributed by atoms with Crippen LogP contribution < -0.4 is 0 Å². The maximum atomic E-state index is 7.18. The maximum Gasteiger partial charge on any atom is 0.227 e. The molecule has 0 amide bonds. The lowest BCUT2D eigenvalue weighted by atomic mass is 10.1. The van der Waals surface area contributed by atoms with Crippen LogP contribution in [-0.2, 0) is 9.47 Å². The van der Waals surface area contributed by atoms with Crippen LogP contribution in [0.15, 0.2) is 46.9 Å². The van der Waals surface area contributed by atoms with Gasteiger partial charge in [0, 0.05) is 12.2 Å². The van der Waals surface area contributed by atoms with Crippen LogP contribution in [0.4, 0.5) is 5.69 Å². The van der Waals surface area contributed by atoms with Crippen LogP contribution in [0.5, 0.6) is 0 Å². The third-order valence-corrected chi connectivity index (χ3v) is 4.77. The largest absolute Gasteiger partial charge is 0.436 e. The molecule has 5 heteroatoms. The van der Waals surface area contributed by atoms with Gasteiger partial charge in [-0.05, 0) is 61.6 Å². The van der Waals surface area contributed by atoms with Gasteiger partial charge in [-0.25, -0.2) is 9.83 Å². The van der Waals surface area contributed by atoms with Crippen LogP contribution in [0.1, 0.15) is 30.4 Å². The summed E-state index contributed by atoms with van der Waals surface area (Å²) >= 11 is 0. The highest BCUT2D eigenvalue weighted by molar-refractivity contribution is 5.83. The van der Waals surface area contributed by atoms with Crippen LogP contribution in [0.25, 0.3) is 33.5 Å². The van der Waals surface area contributed by atoms with E-state index in [1.165, 1.54) is 6.42 Å². The molecule has 0 N–H and O–H groups in total. The first-order chi connectivity index (χ1) is 13.7. The molecule has 1 aromatic heterocycles. The van der Waals surface area contributed by atoms with Gasteiger partial charge in [0.15, 0.2) is 17.6 Å². The van der Waals surface area contributed by atoms with Crippen LogP contribution in [-0.4, -0.2) is 24.5 Å². The molecule has 28 heavy (non-hydrogen) atoms. The summed E-state index contributed by atoms with van der Waals surface area (Å²) in [5.41, 5.74) is 4.93. The van der Waals surface area contributed by atoms with Crippen molar-refractivity contribution >= 4 is 22.9 Å². The Balaban J connectivity index is 1.43. The highest BCUT2D eigenvalue weighted by atomic mass is 16.7. The lowest BCUT2D eigenvalue weighted by Crippen LogP contribution is -2.22. The number of nitrogens with zero attached hydrogens (tertiary/aromatic N) is 2. The van der Waals surface area contributed by atoms with E-state index in [0.717, 1.165) is 41.7 Å². The van der Waals surface area contributed by atoms with Crippen molar-refractivity contribution in [1.29, 1.82) is 0 Å². The number of rotatable bonds is 5. The fourth-order valence-corrected chi connectivity index (χ4v) is 3.30. The minimum absolute atomic E-state index is 0.0632. The molecule has 1 saturated heterocycles. The van der Waals surface area contributed by atoms with Gasteiger partial charge in [-0.3, -0.25) is 0 Å². The zero-order chi connectivity index (χ0) is 19.3. The summed E-state index contributed by atoms with van der Waals surface area (Å²) in [5.74, 6) is 0.563. The molecule has 1 aliphatic rings. The average molecular weight is 374 g/mol. The SMILES string of the molecule is [C-]#[N+]c1cc(C)c2oc(-c3ccc(C=CCOC4CCCCO4)cc3)nc2c1. The van der Waals surface area contributed by atoms with Crippen molar-refractivity contribution in [2.75, 3.05) is 13.2 Å². The number of aryl methyl sites for hydroxylation is 1. The summed E-state index contributed by atoms with van der Waals surface area (Å²) < 4.78 is 17.2. The first kappa shape index (κ1) is 18.4. The van der Waals surface area contributed by atoms with Gasteiger partial charge in [-0.1, -0.05) is 24.3 Å². The zero-order valence-corrected chi connectivity index (χ0v) is 15.9. The smallest absolute Gasteiger partial charge is 0.227 e. The molecule has 1 fully saturated rings. The second-order valence-corrected chi connectivity index (χ2v) is 6.90. The highest BCUT2D eigenvalue weighted by Gasteiger charge is 2.13. The minimum Gasteiger partial charge on any atom is -0.436 e. The predicted octanol–water partition coefficient (Wildman–Crippen LogP) is 5.91. The van der Waals surface area contributed by atoms with Crippen LogP contribution in [0.2, 0.25) is 0 Å². The van der Waals surface area contributed by atoms with E-state index >= 15 is 0 Å². The van der Waals surface area contributed by atoms with Crippen molar-refractivity contribution in [3.63, 3.8) is 0 Å². The molecule has 1 unspecified atom stereocenters. The van der Waals surface area contributed by atoms with Crippen molar-refractivity contribution in [1.82, 2.24) is 4.98 Å². The summed E-state index contributed by atoms with van der Waals surface area (Å²) in [4.78, 5) is 8.03. The van der Waals surface area contributed by atoms with E-state index in [4.69, 9.17) is 20.5 Å². The third kappa shape index (κ3) is 4.14. The minimum atomic E-state index is -0.0632. The quantitative estimate of drug-likeness (QED) is 0.521. The van der Waals surface area contributed by atoms with E-state index in [0.29, 0.717) is 23.7 Å². The third-order valence-electron chi connectivity index (χ3n) is 4.77. The number of ether oxygens (including phenoxy) is 2. The summed E-state index contributed by atoms with van der Waals surface area (Å²) in [6, 6.07) is 11.6. The molecule has 0 aliphatic carbocycles. The van der Waals surface area contributed by atoms with E-state index in [2.05, 4.69) is 9.83 Å². The van der Waals surface area contributed by atoms with Crippen molar-refractivity contribution in [3.05, 3.63) is 65.0 Å². The monoisotopic (exact) mass is 374 g/mol. The van der Waals surface area contributed by atoms with E-state index in [-0.39, 0.29) is 6.29 Å². The Morgan fingerprint density at radius 3 is 2.86 bits per heavy atom. The second kappa shape index (κ2) is 8.39. The van der Waals surface area contributed by atoms with Gasteiger partial charge in [0.1, 0.15) is 0 Å². The maximum absolute atomic E-state index is 7.18. The second-order valence-electron chi connectivity index (χ2n) is 6.90. The summed E-state index contributed by atoms with van der Waals surface area (Å²) in [7, 11) is 0. The summed E-state index contributed by atoms with van der Waals surface area (Å²) in [5, 5.41) is 0. The molecule has 3 aromatic rings. The van der Waals surface area contributed by atoms with Gasteiger partial charge in [-0.15, -0.1) is 0 Å². The summed E-state index contributed by atoms with van der Waals surface area (Å²) in [6.45, 7) is 10.5. The van der Waals surface area contributed by atoms with Crippen LogP contribution in [0.3, 0.4) is 0 Å². The molecule has 1 aliphatic heterocycles. The first-order valence-electron chi connectivity index (χ1n) is 9.52. The number of oxazole rings is 1. The molecule has 1 atom stereocenters. The number of aromatic nitrogens is 1. The van der Waals surface area contributed by atoms with Gasteiger partial charge in [-0.2, -0.15) is 0 Å². The van der Waals surface area contributed by atoms with Gasteiger partial charge in [0.25, 0.3) is 0 Å². The number of hydrogen-bond donors (Lipinski definition) is 0. The van der Waals surface area contributed by atoms with Crippen LogP contribution in [0, 0.1) is 13.5 Å². The fourth-order valence-electron chi connectivity index (χ4n) is 3.30. The molecular formula is C23H22N2O3. The van der Waals surface area contributed by atoms with Crippen molar-refractivity contribution in [2.45, 2.75) is 32.5 Å². The first-order valence-corrected chi connectivity index (χ1v) is 9.52. The standard InChI is InChI=1S/C23H22N2O3/c1-16-14-19(24-2)15-20-22(16)28-23(25-20)18-10-8-17(9-11-18)6-5-13-27-21-7-3-4-12-26-21/h5-6,8-11,14-15,21H,3-4,7,12-13H2,1H3. The number of benzene rings is 2. The zero-order valence-electron chi connectivity index (χ0n) is 15.9. The lowest BCUT2D eigenvalue weighted by molar-refractivity contribution is -0.155. The molecule has 0 radical (unpaired) electrons. The predicted molar refractivity (Wildman–Crippen MR) is 109 cm³/mol. The highest BCUT2D eigenvalue weighted by Crippen LogP contribution is 2.30. The van der Waals surface area contributed by atoms with Gasteiger partial charge in [0.05, 0.1) is 18.7 Å². The van der Waals surface area contributed by atoms with E-state index in [1.54, 1.807) is 6.07 Å². The topological polar surface area (TPSA) is 48.9 Å². The Morgan fingerprint density at radius 2 is 2.11 bits per heavy atom. The van der Waals surface area contributed by atoms with Gasteiger partial charge >= 0.3 is 0 Å². The Hall–Kier alpha value is -2.94. The molecule has 0 bridgehead atoms. The molecule has 2 aromatic carbocycles. The lowest BCUT2D eigenvalue weighted by Gasteiger charge is -2.21. The van der Waals surface area contributed by atoms with E-state index in [1.807, 2.05) is 49.4 Å². The Labute approximate surface area is 164 Å². The van der Waals surface area contributed by atoms with Crippen molar-refractivity contribution in [3.8, 4) is 11.5 Å². The number of hydrogen-bond acceptors (Lipinski definition) is 4. The molecule has 2 heterocycles. The Morgan fingerprint density at radius 1 is 1.25 bits per heavy atom.